The number of carbonyl (C=O) groups excluding carboxylic acids is 1. The highest BCUT2D eigenvalue weighted by atomic mass is 19.1. The molecule has 5 nitrogen and oxygen atoms in total. The van der Waals surface area contributed by atoms with E-state index in [0.717, 1.165) is 5.56 Å². The minimum atomic E-state index is -0.421. The third-order valence-corrected chi connectivity index (χ3v) is 5.12. The molecular formula is C22H22F2N4O. The van der Waals surface area contributed by atoms with E-state index in [1.54, 1.807) is 22.9 Å². The van der Waals surface area contributed by atoms with Crippen molar-refractivity contribution in [2.75, 3.05) is 11.9 Å². The number of aromatic nitrogens is 2. The van der Waals surface area contributed by atoms with Crippen LogP contribution in [0.3, 0.4) is 0 Å². The molecule has 0 aliphatic carbocycles. The van der Waals surface area contributed by atoms with Gasteiger partial charge < -0.3 is 10.6 Å². The number of anilines is 1. The first kappa shape index (κ1) is 19.3. The quantitative estimate of drug-likeness (QED) is 0.696. The van der Waals surface area contributed by atoms with Crippen molar-refractivity contribution in [3.63, 3.8) is 0 Å². The summed E-state index contributed by atoms with van der Waals surface area (Å²) in [7, 11) is 0. The molecule has 2 aromatic carbocycles. The Morgan fingerprint density at radius 2 is 1.93 bits per heavy atom. The maximum absolute atomic E-state index is 14.9. The summed E-state index contributed by atoms with van der Waals surface area (Å²) in [5.74, 6) is -1.17. The maximum Gasteiger partial charge on any atom is 0.259 e. The Morgan fingerprint density at radius 3 is 2.66 bits per heavy atom. The summed E-state index contributed by atoms with van der Waals surface area (Å²) in [5.41, 5.74) is 3.42. The number of nitrogens with zero attached hydrogens (tertiary/aromatic N) is 2. The standard InChI is InChI=1S/C22H22F2N4O/c1-13(2)21-18(12-26-28(21)16-6-4-15(23)5-7-16)22(29)27-19-8-3-14-11-25-10-9-17(14)20(19)24/h3-8,12-13,25H,9-11H2,1-2H3,(H,27,29). The van der Waals surface area contributed by atoms with E-state index in [2.05, 4.69) is 15.7 Å². The first-order valence-corrected chi connectivity index (χ1v) is 9.62. The van der Waals surface area contributed by atoms with Crippen LogP contribution in [0.5, 0.6) is 0 Å². The first-order chi connectivity index (χ1) is 14.0. The minimum absolute atomic E-state index is 0.0252. The number of nitrogens with one attached hydrogen (secondary N) is 2. The molecule has 0 unspecified atom stereocenters. The number of fused-ring (bicyclic) bond motifs is 1. The van der Waals surface area contributed by atoms with E-state index in [0.29, 0.717) is 42.0 Å². The van der Waals surface area contributed by atoms with Gasteiger partial charge in [0.2, 0.25) is 0 Å². The van der Waals surface area contributed by atoms with Gasteiger partial charge in [-0.05, 0) is 60.3 Å². The largest absolute Gasteiger partial charge is 0.319 e. The topological polar surface area (TPSA) is 59.0 Å². The number of benzene rings is 2. The zero-order valence-electron chi connectivity index (χ0n) is 16.3. The van der Waals surface area contributed by atoms with Crippen LogP contribution in [0.25, 0.3) is 5.69 Å². The molecule has 7 heteroatoms. The highest BCUT2D eigenvalue weighted by Gasteiger charge is 2.23. The summed E-state index contributed by atoms with van der Waals surface area (Å²) in [6, 6.07) is 9.33. The van der Waals surface area contributed by atoms with Crippen molar-refractivity contribution in [1.82, 2.24) is 15.1 Å². The van der Waals surface area contributed by atoms with Crippen molar-refractivity contribution in [1.29, 1.82) is 0 Å². The van der Waals surface area contributed by atoms with Gasteiger partial charge in [0.25, 0.3) is 5.91 Å². The van der Waals surface area contributed by atoms with Crippen LogP contribution in [0, 0.1) is 11.6 Å². The summed E-state index contributed by atoms with van der Waals surface area (Å²) in [6.45, 7) is 5.23. The number of hydrogen-bond donors (Lipinski definition) is 2. The van der Waals surface area contributed by atoms with E-state index in [9.17, 15) is 13.6 Å². The van der Waals surface area contributed by atoms with Gasteiger partial charge in [0.05, 0.1) is 28.8 Å². The fraction of sp³-hybridized carbons (Fsp3) is 0.273. The average molecular weight is 396 g/mol. The van der Waals surface area contributed by atoms with Crippen LogP contribution in [0.4, 0.5) is 14.5 Å². The minimum Gasteiger partial charge on any atom is -0.319 e. The fourth-order valence-electron chi connectivity index (χ4n) is 3.70. The lowest BCUT2D eigenvalue weighted by atomic mass is 9.99. The molecule has 0 radical (unpaired) electrons. The Hall–Kier alpha value is -3.06. The molecule has 1 amide bonds. The van der Waals surface area contributed by atoms with Crippen LogP contribution in [-0.2, 0) is 13.0 Å². The Bertz CT molecular complexity index is 1060. The van der Waals surface area contributed by atoms with Crippen LogP contribution in [0.15, 0.2) is 42.6 Å². The lowest BCUT2D eigenvalue weighted by Gasteiger charge is -2.19. The SMILES string of the molecule is CC(C)c1c(C(=O)Nc2ccc3c(c2F)CCNC3)cnn1-c1ccc(F)cc1. The number of carbonyl (C=O) groups is 1. The van der Waals surface area contributed by atoms with Crippen molar-refractivity contribution in [3.05, 3.63) is 76.6 Å². The molecule has 2 heterocycles. The highest BCUT2D eigenvalue weighted by Crippen LogP contribution is 2.27. The van der Waals surface area contributed by atoms with Crippen LogP contribution in [0.2, 0.25) is 0 Å². The molecule has 0 fully saturated rings. The van der Waals surface area contributed by atoms with Crippen molar-refractivity contribution in [3.8, 4) is 5.69 Å². The van der Waals surface area contributed by atoms with E-state index in [-0.39, 0.29) is 23.2 Å². The molecule has 0 saturated heterocycles. The zero-order valence-corrected chi connectivity index (χ0v) is 16.3. The highest BCUT2D eigenvalue weighted by molar-refractivity contribution is 6.05. The second-order valence-corrected chi connectivity index (χ2v) is 7.43. The molecule has 2 N–H and O–H groups in total. The summed E-state index contributed by atoms with van der Waals surface area (Å²) in [5, 5.41) is 10.2. The lowest BCUT2D eigenvalue weighted by Crippen LogP contribution is -2.25. The van der Waals surface area contributed by atoms with Crippen molar-refractivity contribution >= 4 is 11.6 Å². The van der Waals surface area contributed by atoms with E-state index in [1.807, 2.05) is 19.9 Å². The van der Waals surface area contributed by atoms with Gasteiger partial charge in [-0.2, -0.15) is 5.10 Å². The summed E-state index contributed by atoms with van der Waals surface area (Å²) in [4.78, 5) is 13.0. The van der Waals surface area contributed by atoms with Gasteiger partial charge in [-0.3, -0.25) is 4.79 Å². The normalized spacial score (nSPS) is 13.4. The summed E-state index contributed by atoms with van der Waals surface area (Å²) >= 11 is 0. The lowest BCUT2D eigenvalue weighted by molar-refractivity contribution is 0.102. The van der Waals surface area contributed by atoms with Crippen molar-refractivity contribution in [2.24, 2.45) is 0 Å². The third-order valence-electron chi connectivity index (χ3n) is 5.12. The molecule has 1 aliphatic rings. The van der Waals surface area contributed by atoms with Crippen LogP contribution >= 0.6 is 0 Å². The molecule has 0 saturated carbocycles. The second-order valence-electron chi connectivity index (χ2n) is 7.43. The predicted octanol–water partition coefficient (Wildman–Crippen LogP) is 4.17. The molecule has 3 aromatic rings. The van der Waals surface area contributed by atoms with Crippen LogP contribution in [-0.4, -0.2) is 22.2 Å². The van der Waals surface area contributed by atoms with Gasteiger partial charge in [0.1, 0.15) is 11.6 Å². The van der Waals surface area contributed by atoms with Gasteiger partial charge in [0.15, 0.2) is 0 Å². The van der Waals surface area contributed by atoms with Crippen LogP contribution in [0.1, 0.15) is 46.9 Å². The number of rotatable bonds is 4. The van der Waals surface area contributed by atoms with Gasteiger partial charge in [-0.25, -0.2) is 13.5 Å². The van der Waals surface area contributed by atoms with Gasteiger partial charge >= 0.3 is 0 Å². The fourth-order valence-corrected chi connectivity index (χ4v) is 3.70. The number of halogens is 2. The third kappa shape index (κ3) is 3.65. The molecule has 0 bridgehead atoms. The molecule has 1 aliphatic heterocycles. The van der Waals surface area contributed by atoms with E-state index in [4.69, 9.17) is 0 Å². The van der Waals surface area contributed by atoms with Crippen molar-refractivity contribution in [2.45, 2.75) is 32.7 Å². The monoisotopic (exact) mass is 396 g/mol. The molecule has 4 rings (SSSR count). The molecule has 0 atom stereocenters. The zero-order chi connectivity index (χ0) is 20.5. The van der Waals surface area contributed by atoms with Crippen LogP contribution < -0.4 is 10.6 Å². The Kier molecular flexibility index (Phi) is 5.15. The first-order valence-electron chi connectivity index (χ1n) is 9.62. The average Bonchev–Trinajstić information content (AvgIpc) is 3.16. The Morgan fingerprint density at radius 1 is 1.17 bits per heavy atom. The van der Waals surface area contributed by atoms with Gasteiger partial charge in [0, 0.05) is 6.54 Å². The predicted molar refractivity (Wildman–Crippen MR) is 107 cm³/mol. The smallest absolute Gasteiger partial charge is 0.259 e. The Balaban J connectivity index is 1.67. The second kappa shape index (κ2) is 7.75. The van der Waals surface area contributed by atoms with Crippen molar-refractivity contribution < 1.29 is 13.6 Å². The molecular weight excluding hydrogens is 374 g/mol. The summed E-state index contributed by atoms with van der Waals surface area (Å²) in [6.07, 6.45) is 2.05. The number of amides is 1. The van der Waals surface area contributed by atoms with Gasteiger partial charge in [-0.1, -0.05) is 19.9 Å². The van der Waals surface area contributed by atoms with E-state index < -0.39 is 5.91 Å². The maximum atomic E-state index is 14.9. The molecule has 29 heavy (non-hydrogen) atoms. The summed E-state index contributed by atoms with van der Waals surface area (Å²) < 4.78 is 29.8. The Labute approximate surface area is 167 Å². The van der Waals surface area contributed by atoms with Gasteiger partial charge in [-0.15, -0.1) is 0 Å². The van der Waals surface area contributed by atoms with E-state index in [1.165, 1.54) is 18.3 Å². The number of hydrogen-bond acceptors (Lipinski definition) is 3. The molecule has 0 spiro atoms. The molecule has 1 aromatic heterocycles. The van der Waals surface area contributed by atoms with E-state index >= 15 is 0 Å². The molecule has 150 valence electrons.